The largest absolute Gasteiger partial charge is 0.299 e. The molecule has 1 saturated heterocycles. The molecule has 0 aliphatic carbocycles. The summed E-state index contributed by atoms with van der Waals surface area (Å²) in [6, 6.07) is 4.46. The average molecular weight is 427 g/mol. The summed E-state index contributed by atoms with van der Waals surface area (Å²) >= 11 is 3.99. The quantitative estimate of drug-likeness (QED) is 0.677. The van der Waals surface area contributed by atoms with Crippen LogP contribution in [0.25, 0.3) is 10.6 Å². The molecule has 0 saturated carbocycles. The fraction of sp³-hybridized carbons (Fsp3) is 0.267. The maximum atomic E-state index is 12.8. The first kappa shape index (κ1) is 17.7. The maximum Gasteiger partial charge on any atom is 0.253 e. The third-order valence-corrected chi connectivity index (χ3v) is 8.84. The second-order valence-corrected chi connectivity index (χ2v) is 10.4. The number of aromatic nitrogens is 2. The van der Waals surface area contributed by atoms with Gasteiger partial charge in [0.25, 0.3) is 10.0 Å². The number of nitrogens with one attached hydrogen (secondary N) is 1. The summed E-state index contributed by atoms with van der Waals surface area (Å²) in [4.78, 5) is 12.7. The van der Waals surface area contributed by atoms with E-state index >= 15 is 0 Å². The Morgan fingerprint density at radius 3 is 2.88 bits per heavy atom. The van der Waals surface area contributed by atoms with Crippen LogP contribution in [0, 0.1) is 0 Å². The van der Waals surface area contributed by atoms with Crippen molar-refractivity contribution in [2.75, 3.05) is 11.9 Å². The van der Waals surface area contributed by atoms with Crippen molar-refractivity contribution in [3.8, 4) is 10.6 Å². The minimum absolute atomic E-state index is 0.257. The summed E-state index contributed by atoms with van der Waals surface area (Å²) in [7, 11) is -3.65. The number of sulfonamides is 1. The lowest BCUT2D eigenvalue weighted by Crippen LogP contribution is -2.42. The molecule has 1 unspecified atom stereocenters. The van der Waals surface area contributed by atoms with E-state index in [-0.39, 0.29) is 10.1 Å². The predicted molar refractivity (Wildman–Crippen MR) is 103 cm³/mol. The lowest BCUT2D eigenvalue weighted by molar-refractivity contribution is -0.119. The van der Waals surface area contributed by atoms with E-state index in [4.69, 9.17) is 0 Å². The Balaban J connectivity index is 1.51. The van der Waals surface area contributed by atoms with Gasteiger partial charge in [-0.1, -0.05) is 17.4 Å². The highest BCUT2D eigenvalue weighted by atomic mass is 32.2. The number of amides is 1. The van der Waals surface area contributed by atoms with Gasteiger partial charge in [-0.15, -0.1) is 21.5 Å². The topological polar surface area (TPSA) is 92.3 Å². The van der Waals surface area contributed by atoms with E-state index in [1.54, 1.807) is 28.8 Å². The van der Waals surface area contributed by atoms with Crippen molar-refractivity contribution in [2.24, 2.45) is 0 Å². The monoisotopic (exact) mass is 426 g/mol. The molecule has 136 valence electrons. The van der Waals surface area contributed by atoms with Gasteiger partial charge in [0.2, 0.25) is 11.0 Å². The van der Waals surface area contributed by atoms with Gasteiger partial charge in [-0.25, -0.2) is 8.42 Å². The second kappa shape index (κ2) is 7.16. The number of carbonyl (C=O) groups excluding carboxylic acids is 1. The fourth-order valence-electron chi connectivity index (χ4n) is 2.78. The Morgan fingerprint density at radius 1 is 1.27 bits per heavy atom. The van der Waals surface area contributed by atoms with Crippen LogP contribution in [0.15, 0.2) is 38.5 Å². The summed E-state index contributed by atoms with van der Waals surface area (Å²) in [6.45, 7) is 0.342. The van der Waals surface area contributed by atoms with E-state index < -0.39 is 16.1 Å². The van der Waals surface area contributed by atoms with E-state index in [0.717, 1.165) is 21.9 Å². The molecule has 1 amide bonds. The molecule has 7 nitrogen and oxygen atoms in total. The van der Waals surface area contributed by atoms with Crippen molar-refractivity contribution in [1.29, 1.82) is 0 Å². The van der Waals surface area contributed by atoms with Gasteiger partial charge in [0.15, 0.2) is 0 Å². The molecule has 26 heavy (non-hydrogen) atoms. The van der Waals surface area contributed by atoms with Gasteiger partial charge in [0.05, 0.1) is 0 Å². The average Bonchev–Trinajstić information content (AvgIpc) is 3.42. The Bertz CT molecular complexity index is 996. The zero-order valence-electron chi connectivity index (χ0n) is 13.4. The molecular formula is C15H14N4O3S4. The number of anilines is 1. The molecule has 0 radical (unpaired) electrons. The molecule has 1 N–H and O–H groups in total. The van der Waals surface area contributed by atoms with Gasteiger partial charge in [-0.05, 0) is 35.7 Å². The minimum Gasteiger partial charge on any atom is -0.299 e. The molecule has 4 heterocycles. The summed E-state index contributed by atoms with van der Waals surface area (Å²) in [5.74, 6) is -0.365. The molecule has 1 aliphatic rings. The smallest absolute Gasteiger partial charge is 0.253 e. The number of hydrogen-bond donors (Lipinski definition) is 1. The van der Waals surface area contributed by atoms with Crippen LogP contribution in [0.5, 0.6) is 0 Å². The molecule has 3 aromatic heterocycles. The molecule has 4 rings (SSSR count). The van der Waals surface area contributed by atoms with Gasteiger partial charge >= 0.3 is 0 Å². The third-order valence-electron chi connectivity index (χ3n) is 3.99. The van der Waals surface area contributed by atoms with Crippen LogP contribution in [0.3, 0.4) is 0 Å². The van der Waals surface area contributed by atoms with Gasteiger partial charge < -0.3 is 0 Å². The van der Waals surface area contributed by atoms with Gasteiger partial charge in [0.1, 0.15) is 15.3 Å². The van der Waals surface area contributed by atoms with Crippen molar-refractivity contribution < 1.29 is 13.2 Å². The van der Waals surface area contributed by atoms with Crippen LogP contribution >= 0.6 is 34.0 Å². The van der Waals surface area contributed by atoms with Gasteiger partial charge in [0, 0.05) is 17.5 Å². The van der Waals surface area contributed by atoms with Crippen LogP contribution in [0.2, 0.25) is 0 Å². The lowest BCUT2D eigenvalue weighted by atomic mass is 10.2. The van der Waals surface area contributed by atoms with Crippen molar-refractivity contribution in [2.45, 2.75) is 23.1 Å². The number of hydrogen-bond acceptors (Lipinski definition) is 8. The van der Waals surface area contributed by atoms with Crippen molar-refractivity contribution in [3.63, 3.8) is 0 Å². The summed E-state index contributed by atoms with van der Waals surface area (Å²) < 4.78 is 27.1. The zero-order chi connectivity index (χ0) is 18.1. The van der Waals surface area contributed by atoms with Crippen molar-refractivity contribution in [1.82, 2.24) is 14.5 Å². The Kier molecular flexibility index (Phi) is 4.88. The molecule has 1 fully saturated rings. The first-order valence-corrected chi connectivity index (χ1v) is 11.9. The highest BCUT2D eigenvalue weighted by Gasteiger charge is 2.40. The number of nitrogens with zero attached hydrogens (tertiary/aromatic N) is 3. The highest BCUT2D eigenvalue weighted by molar-refractivity contribution is 7.91. The van der Waals surface area contributed by atoms with Crippen LogP contribution in [-0.2, 0) is 14.8 Å². The van der Waals surface area contributed by atoms with Crippen LogP contribution in [0.4, 0.5) is 5.13 Å². The molecule has 0 bridgehead atoms. The molecule has 1 aliphatic heterocycles. The van der Waals surface area contributed by atoms with Crippen molar-refractivity contribution >= 4 is 55.1 Å². The Morgan fingerprint density at radius 2 is 2.15 bits per heavy atom. The minimum atomic E-state index is -3.65. The fourth-order valence-corrected chi connectivity index (χ4v) is 7.01. The van der Waals surface area contributed by atoms with Gasteiger partial charge in [-0.2, -0.15) is 15.6 Å². The summed E-state index contributed by atoms with van der Waals surface area (Å²) in [6.07, 6.45) is 1.14. The number of thiophene rings is 2. The SMILES string of the molecule is O=C(Nc1nnc(-c2ccsc2)s1)C1CCCN1S(=O)(=O)c1cccs1. The van der Waals surface area contributed by atoms with E-state index in [1.807, 2.05) is 16.8 Å². The highest BCUT2D eigenvalue weighted by Crippen LogP contribution is 2.31. The third kappa shape index (κ3) is 3.32. The van der Waals surface area contributed by atoms with E-state index in [0.29, 0.717) is 24.5 Å². The first-order valence-electron chi connectivity index (χ1n) is 7.78. The van der Waals surface area contributed by atoms with Crippen LogP contribution in [0.1, 0.15) is 12.8 Å². The molecule has 11 heteroatoms. The second-order valence-electron chi connectivity index (χ2n) is 5.62. The summed E-state index contributed by atoms with van der Waals surface area (Å²) in [5.41, 5.74) is 0.954. The molecule has 0 spiro atoms. The maximum absolute atomic E-state index is 12.8. The van der Waals surface area contributed by atoms with Crippen LogP contribution in [-0.4, -0.2) is 41.4 Å². The number of rotatable bonds is 5. The molecular weight excluding hydrogens is 412 g/mol. The van der Waals surface area contributed by atoms with E-state index in [2.05, 4.69) is 15.5 Å². The molecule has 0 aromatic carbocycles. The lowest BCUT2D eigenvalue weighted by Gasteiger charge is -2.22. The summed E-state index contributed by atoms with van der Waals surface area (Å²) in [5, 5.41) is 17.5. The van der Waals surface area contributed by atoms with E-state index in [1.165, 1.54) is 15.6 Å². The normalized spacial score (nSPS) is 18.2. The Hall–Kier alpha value is -1.66. The van der Waals surface area contributed by atoms with Crippen molar-refractivity contribution in [3.05, 3.63) is 34.3 Å². The first-order chi connectivity index (χ1) is 12.6. The van der Waals surface area contributed by atoms with Crippen LogP contribution < -0.4 is 5.32 Å². The Labute approximate surface area is 162 Å². The predicted octanol–water partition coefficient (Wildman–Crippen LogP) is 3.12. The zero-order valence-corrected chi connectivity index (χ0v) is 16.6. The molecule has 3 aromatic rings. The molecule has 1 atom stereocenters. The van der Waals surface area contributed by atoms with E-state index in [9.17, 15) is 13.2 Å². The standard InChI is InChI=1S/C15H14N4O3S4/c20-13(16-15-18-17-14(25-15)10-5-8-23-9-10)11-3-1-6-19(11)26(21,22)12-4-2-7-24-12/h2,4-5,7-9,11H,1,3,6H2,(H,16,18,20). The number of carbonyl (C=O) groups is 1. The van der Waals surface area contributed by atoms with Gasteiger partial charge in [-0.3, -0.25) is 10.1 Å².